The summed E-state index contributed by atoms with van der Waals surface area (Å²) in [4.78, 5) is 26.3. The molecule has 6 heteroatoms. The molecule has 25 heavy (non-hydrogen) atoms. The van der Waals surface area contributed by atoms with Crippen molar-refractivity contribution >= 4 is 34.8 Å². The molecular weight excluding hydrogens is 340 g/mol. The largest absolute Gasteiger partial charge is 0.494 e. The zero-order valence-electron chi connectivity index (χ0n) is 13.9. The number of carbonyl (C=O) groups is 2. The summed E-state index contributed by atoms with van der Waals surface area (Å²) in [6, 6.07) is 14.2. The second-order valence-electron chi connectivity index (χ2n) is 5.50. The van der Waals surface area contributed by atoms with Crippen molar-refractivity contribution in [3.63, 3.8) is 0 Å². The van der Waals surface area contributed by atoms with Crippen molar-refractivity contribution in [1.82, 2.24) is 0 Å². The van der Waals surface area contributed by atoms with Gasteiger partial charge in [0.2, 0.25) is 0 Å². The predicted octanol–water partition coefficient (Wildman–Crippen LogP) is 3.83. The van der Waals surface area contributed by atoms with E-state index in [1.807, 2.05) is 26.0 Å². The number of hydrogen-bond donors (Lipinski definition) is 1. The number of nitrogens with one attached hydrogen (secondary N) is 1. The van der Waals surface area contributed by atoms with E-state index in [-0.39, 0.29) is 10.7 Å². The molecule has 0 unspecified atom stereocenters. The van der Waals surface area contributed by atoms with Crippen molar-refractivity contribution < 1.29 is 14.3 Å². The first-order chi connectivity index (χ1) is 12.0. The molecule has 0 atom stereocenters. The SMILES string of the molecule is CCOc1ccc(NC2=C(Cl)C(=O)N(c3ccccc3C)C2=O)cc1. The van der Waals surface area contributed by atoms with Gasteiger partial charge in [0.05, 0.1) is 12.3 Å². The van der Waals surface area contributed by atoms with Crippen LogP contribution in [0.2, 0.25) is 0 Å². The number of amides is 2. The van der Waals surface area contributed by atoms with Gasteiger partial charge in [-0.3, -0.25) is 9.59 Å². The Bertz CT molecular complexity index is 859. The third kappa shape index (κ3) is 3.23. The molecule has 2 aromatic rings. The zero-order chi connectivity index (χ0) is 18.0. The van der Waals surface area contributed by atoms with E-state index < -0.39 is 11.8 Å². The number of ether oxygens (including phenoxy) is 1. The van der Waals surface area contributed by atoms with Crippen LogP contribution in [0.3, 0.4) is 0 Å². The molecule has 0 aromatic heterocycles. The van der Waals surface area contributed by atoms with Gasteiger partial charge in [0.15, 0.2) is 0 Å². The van der Waals surface area contributed by atoms with Crippen LogP contribution in [-0.4, -0.2) is 18.4 Å². The fraction of sp³-hybridized carbons (Fsp3) is 0.158. The Balaban J connectivity index is 1.86. The molecule has 0 saturated heterocycles. The molecule has 5 nitrogen and oxygen atoms in total. The maximum atomic E-state index is 12.7. The molecule has 0 bridgehead atoms. The maximum Gasteiger partial charge on any atom is 0.283 e. The van der Waals surface area contributed by atoms with E-state index in [2.05, 4.69) is 5.32 Å². The molecule has 1 heterocycles. The van der Waals surface area contributed by atoms with Crippen molar-refractivity contribution in [1.29, 1.82) is 0 Å². The van der Waals surface area contributed by atoms with E-state index in [0.717, 1.165) is 16.2 Å². The van der Waals surface area contributed by atoms with Gasteiger partial charge in [0, 0.05) is 5.69 Å². The Morgan fingerprint density at radius 2 is 1.72 bits per heavy atom. The van der Waals surface area contributed by atoms with Crippen LogP contribution in [0.4, 0.5) is 11.4 Å². The van der Waals surface area contributed by atoms with E-state index in [0.29, 0.717) is 18.0 Å². The van der Waals surface area contributed by atoms with Gasteiger partial charge in [-0.05, 0) is 49.7 Å². The van der Waals surface area contributed by atoms with Gasteiger partial charge in [-0.15, -0.1) is 0 Å². The standard InChI is InChI=1S/C19H17ClN2O3/c1-3-25-14-10-8-13(9-11-14)21-17-16(20)18(23)22(19(17)24)15-7-5-4-6-12(15)2/h4-11,21H,3H2,1-2H3. The molecule has 0 aliphatic carbocycles. The smallest absolute Gasteiger partial charge is 0.283 e. The van der Waals surface area contributed by atoms with Crippen molar-refractivity contribution in [3.8, 4) is 5.75 Å². The van der Waals surface area contributed by atoms with E-state index in [1.165, 1.54) is 0 Å². The number of aryl methyl sites for hydroxylation is 1. The summed E-state index contributed by atoms with van der Waals surface area (Å²) in [5.74, 6) is -0.281. The molecule has 0 saturated carbocycles. The van der Waals surface area contributed by atoms with E-state index >= 15 is 0 Å². The topological polar surface area (TPSA) is 58.6 Å². The lowest BCUT2D eigenvalue weighted by atomic mass is 10.2. The van der Waals surface area contributed by atoms with Gasteiger partial charge < -0.3 is 10.1 Å². The Morgan fingerprint density at radius 3 is 2.36 bits per heavy atom. The minimum atomic E-state index is -0.533. The van der Waals surface area contributed by atoms with Gasteiger partial charge in [-0.1, -0.05) is 29.8 Å². The van der Waals surface area contributed by atoms with Gasteiger partial charge in [-0.25, -0.2) is 4.90 Å². The van der Waals surface area contributed by atoms with Gasteiger partial charge in [0.1, 0.15) is 16.5 Å². The highest BCUT2D eigenvalue weighted by Gasteiger charge is 2.39. The summed E-state index contributed by atoms with van der Waals surface area (Å²) in [5, 5.41) is 2.82. The Morgan fingerprint density at radius 1 is 1.04 bits per heavy atom. The number of anilines is 2. The Hall–Kier alpha value is -2.79. The highest BCUT2D eigenvalue weighted by atomic mass is 35.5. The lowest BCUT2D eigenvalue weighted by Gasteiger charge is -2.17. The van der Waals surface area contributed by atoms with Crippen LogP contribution in [-0.2, 0) is 9.59 Å². The zero-order valence-corrected chi connectivity index (χ0v) is 14.6. The van der Waals surface area contributed by atoms with E-state index in [1.54, 1.807) is 36.4 Å². The van der Waals surface area contributed by atoms with Gasteiger partial charge >= 0.3 is 0 Å². The molecular formula is C19H17ClN2O3. The third-order valence-corrected chi connectivity index (χ3v) is 4.17. The normalized spacial score (nSPS) is 14.3. The predicted molar refractivity (Wildman–Crippen MR) is 97.8 cm³/mol. The van der Waals surface area contributed by atoms with Crippen LogP contribution in [0.1, 0.15) is 12.5 Å². The molecule has 0 radical (unpaired) electrons. The number of rotatable bonds is 5. The minimum absolute atomic E-state index is 0.0686. The van der Waals surface area contributed by atoms with Crippen molar-refractivity contribution in [2.45, 2.75) is 13.8 Å². The van der Waals surface area contributed by atoms with Crippen LogP contribution in [0.5, 0.6) is 5.75 Å². The first-order valence-corrected chi connectivity index (χ1v) is 8.24. The quantitative estimate of drug-likeness (QED) is 0.827. The molecule has 1 aliphatic rings. The third-order valence-electron chi connectivity index (χ3n) is 3.82. The van der Waals surface area contributed by atoms with Gasteiger partial charge in [-0.2, -0.15) is 0 Å². The Kier molecular flexibility index (Phi) is 4.76. The van der Waals surface area contributed by atoms with Crippen molar-refractivity contribution in [3.05, 3.63) is 64.8 Å². The van der Waals surface area contributed by atoms with E-state index in [4.69, 9.17) is 16.3 Å². The molecule has 1 N–H and O–H groups in total. The number of halogens is 1. The molecule has 0 fully saturated rings. The average Bonchev–Trinajstić information content (AvgIpc) is 2.81. The highest BCUT2D eigenvalue weighted by Crippen LogP contribution is 2.32. The highest BCUT2D eigenvalue weighted by molar-refractivity contribution is 6.53. The van der Waals surface area contributed by atoms with Crippen LogP contribution in [0, 0.1) is 6.92 Å². The summed E-state index contributed by atoms with van der Waals surface area (Å²) in [6.07, 6.45) is 0. The van der Waals surface area contributed by atoms with E-state index in [9.17, 15) is 9.59 Å². The number of hydrogen-bond acceptors (Lipinski definition) is 4. The van der Waals surface area contributed by atoms with Crippen molar-refractivity contribution in [2.24, 2.45) is 0 Å². The van der Waals surface area contributed by atoms with Crippen LogP contribution in [0.25, 0.3) is 0 Å². The summed E-state index contributed by atoms with van der Waals surface area (Å²) in [7, 11) is 0. The number of imide groups is 1. The van der Waals surface area contributed by atoms with Crippen LogP contribution < -0.4 is 15.0 Å². The first-order valence-electron chi connectivity index (χ1n) is 7.87. The molecule has 3 rings (SSSR count). The summed E-state index contributed by atoms with van der Waals surface area (Å²) < 4.78 is 5.38. The summed E-state index contributed by atoms with van der Waals surface area (Å²) in [5.41, 5.74) is 2.05. The summed E-state index contributed by atoms with van der Waals surface area (Å²) >= 11 is 6.13. The fourth-order valence-electron chi connectivity index (χ4n) is 2.59. The minimum Gasteiger partial charge on any atom is -0.494 e. The van der Waals surface area contributed by atoms with Crippen LogP contribution in [0.15, 0.2) is 59.3 Å². The lowest BCUT2D eigenvalue weighted by Crippen LogP contribution is -2.32. The first kappa shape index (κ1) is 17.0. The molecule has 2 amide bonds. The lowest BCUT2D eigenvalue weighted by molar-refractivity contribution is -0.120. The Labute approximate surface area is 150 Å². The van der Waals surface area contributed by atoms with Crippen LogP contribution >= 0.6 is 11.6 Å². The molecule has 0 spiro atoms. The summed E-state index contributed by atoms with van der Waals surface area (Å²) in [6.45, 7) is 4.31. The maximum absolute atomic E-state index is 12.7. The van der Waals surface area contributed by atoms with Crippen molar-refractivity contribution in [2.75, 3.05) is 16.8 Å². The molecule has 1 aliphatic heterocycles. The second kappa shape index (κ2) is 6.99. The fourth-order valence-corrected chi connectivity index (χ4v) is 2.80. The average molecular weight is 357 g/mol. The van der Waals surface area contributed by atoms with Gasteiger partial charge in [0.25, 0.3) is 11.8 Å². The number of benzene rings is 2. The molecule has 2 aromatic carbocycles. The molecule has 128 valence electrons. The number of para-hydroxylation sites is 1. The number of nitrogens with zero attached hydrogens (tertiary/aromatic N) is 1. The monoisotopic (exact) mass is 356 g/mol. The second-order valence-corrected chi connectivity index (χ2v) is 5.88. The number of carbonyl (C=O) groups excluding carboxylic acids is 2.